The molecular weight excluding hydrogens is 941 g/mol. The Morgan fingerprint density at radius 1 is 0.409 bits per heavy atom. The highest BCUT2D eigenvalue weighted by Crippen LogP contribution is 2.31. The van der Waals surface area contributed by atoms with Gasteiger partial charge < -0.3 is 4.74 Å². The monoisotopic (exact) mass is 957 g/mol. The molecule has 3 nitrogen and oxygen atoms in total. The van der Waals surface area contributed by atoms with Crippen LogP contribution in [0.5, 0.6) is 0 Å². The van der Waals surface area contributed by atoms with Gasteiger partial charge in [-0.05, 0) is 18.2 Å². The molecule has 0 fully saturated rings. The third-order valence-electron chi connectivity index (χ3n) is 10.3. The molecule has 6 aromatic carbocycles. The second-order valence-corrected chi connectivity index (χ2v) is 13.6. The largest absolute Gasteiger partial charge is 0.465 e. The number of benzene rings is 6. The van der Waals surface area contributed by atoms with Crippen molar-refractivity contribution in [3.8, 4) is 0 Å². The number of aromatic nitrogens is 1. The van der Waals surface area contributed by atoms with Crippen LogP contribution in [0.1, 0.15) is 15.9 Å². The minimum absolute atomic E-state index is 0.300. The third-order valence-corrected chi connectivity index (χ3v) is 10.3. The lowest BCUT2D eigenvalue weighted by atomic mass is 9.12. The predicted molar refractivity (Wildman–Crippen MR) is 190 cm³/mol. The molecule has 1 heterocycles. The first-order chi connectivity index (χ1) is 31.0. The van der Waals surface area contributed by atoms with Crippen LogP contribution in [0, 0.1) is 116 Å². The van der Waals surface area contributed by atoms with Crippen molar-refractivity contribution in [1.29, 1.82) is 0 Å². The number of para-hydroxylation sites is 1. The lowest BCUT2D eigenvalue weighted by Gasteiger charge is -2.44. The number of methoxy groups -OCH3 is 1. The number of nitrogens with zero attached hydrogens (tertiary/aromatic N) is 1. The van der Waals surface area contributed by atoms with Crippen LogP contribution in [0.25, 0.3) is 10.9 Å². The molecule has 0 spiro atoms. The summed E-state index contributed by atoms with van der Waals surface area (Å²) in [5.41, 5.74) is -11.6. The molecule has 66 heavy (non-hydrogen) atoms. The molecule has 0 aliphatic heterocycles. The molecule has 0 saturated heterocycles. The number of ether oxygens (including phenoxy) is 1. The van der Waals surface area contributed by atoms with Gasteiger partial charge in [0.1, 0.15) is 52.7 Å². The highest BCUT2D eigenvalue weighted by atomic mass is 19.2. The molecule has 0 N–H and O–H groups in total. The molecule has 7 aromatic rings. The van der Waals surface area contributed by atoms with Gasteiger partial charge in [-0.25, -0.2) is 92.6 Å². The van der Waals surface area contributed by atoms with Gasteiger partial charge in [0, 0.05) is 23.1 Å². The Bertz CT molecular complexity index is 2760. The number of hydrogen-bond donors (Lipinski definition) is 0. The molecule has 0 saturated carbocycles. The molecule has 0 radical (unpaired) electrons. The highest BCUT2D eigenvalue weighted by molar-refractivity contribution is 7.20. The van der Waals surface area contributed by atoms with E-state index in [0.29, 0.717) is 12.1 Å². The summed E-state index contributed by atoms with van der Waals surface area (Å²) in [5.74, 6) is -71.7. The first kappa shape index (κ1) is 48.3. The van der Waals surface area contributed by atoms with Gasteiger partial charge in [0.05, 0.1) is 12.7 Å². The van der Waals surface area contributed by atoms with E-state index in [-0.39, 0.29) is 5.97 Å². The molecule has 0 aliphatic rings. The fourth-order valence-corrected chi connectivity index (χ4v) is 7.38. The molecule has 1 aromatic heterocycles. The van der Waals surface area contributed by atoms with Crippen molar-refractivity contribution in [2.45, 2.75) is 6.54 Å². The second-order valence-electron chi connectivity index (χ2n) is 13.6. The fraction of sp³-hybridized carbons (Fsp3) is 0.0476. The van der Waals surface area contributed by atoms with Crippen molar-refractivity contribution in [3.05, 3.63) is 194 Å². The Morgan fingerprint density at radius 3 is 1.05 bits per heavy atom. The summed E-state index contributed by atoms with van der Waals surface area (Å²) >= 11 is 0. The van der Waals surface area contributed by atoms with Gasteiger partial charge in [0.25, 0.3) is 0 Å². The van der Waals surface area contributed by atoms with Gasteiger partial charge in [-0.3, -0.25) is 0 Å². The molecule has 0 atom stereocenters. The lowest BCUT2D eigenvalue weighted by molar-refractivity contribution is -0.662. The number of halogens is 20. The summed E-state index contributed by atoms with van der Waals surface area (Å²) in [7, 11) is 1.41. The van der Waals surface area contributed by atoms with E-state index in [1.165, 1.54) is 12.5 Å². The van der Waals surface area contributed by atoms with E-state index in [0.717, 1.165) is 11.1 Å². The maximum Gasteiger partial charge on any atom is 0.338 e. The quantitative estimate of drug-likeness (QED) is 0.0400. The van der Waals surface area contributed by atoms with Crippen LogP contribution < -0.4 is 26.4 Å². The number of carbonyl (C=O) groups excluding carboxylic acids is 1. The van der Waals surface area contributed by atoms with Gasteiger partial charge >= 0.3 is 5.97 Å². The maximum absolute atomic E-state index is 15.4. The summed E-state index contributed by atoms with van der Waals surface area (Å²) in [4.78, 5) is 11.9. The number of fused-ring (bicyclic) bond motifs is 1. The summed E-state index contributed by atoms with van der Waals surface area (Å²) < 4.78 is 301. The zero-order valence-electron chi connectivity index (χ0n) is 32.0. The van der Waals surface area contributed by atoms with Gasteiger partial charge in [0.15, 0.2) is 82.5 Å². The Labute approximate surface area is 354 Å². The summed E-state index contributed by atoms with van der Waals surface area (Å²) in [6.45, 7) is 0.632. The van der Waals surface area contributed by atoms with Crippen LogP contribution >= 0.6 is 0 Å². The number of esters is 1. The van der Waals surface area contributed by atoms with Crippen molar-refractivity contribution in [2.75, 3.05) is 7.11 Å². The molecule has 0 unspecified atom stereocenters. The van der Waals surface area contributed by atoms with Crippen LogP contribution in [0.4, 0.5) is 87.8 Å². The van der Waals surface area contributed by atoms with Gasteiger partial charge in [0.2, 0.25) is 5.52 Å². The minimum atomic E-state index is -7.22. The number of pyridine rings is 1. The van der Waals surface area contributed by atoms with Gasteiger partial charge in [-0.2, -0.15) is 4.57 Å². The maximum atomic E-state index is 15.4. The summed E-state index contributed by atoms with van der Waals surface area (Å²) in [5, 5.41) is 1.18. The summed E-state index contributed by atoms with van der Waals surface area (Å²) in [6.07, 6.45) is -5.19. The average molecular weight is 957 g/mol. The second kappa shape index (κ2) is 18.0. The van der Waals surface area contributed by atoms with E-state index in [1.807, 2.05) is 42.6 Å². The number of hydrogen-bond acceptors (Lipinski definition) is 2. The van der Waals surface area contributed by atoms with Gasteiger partial charge in [-0.15, -0.1) is 21.9 Å². The zero-order chi connectivity index (χ0) is 49.0. The van der Waals surface area contributed by atoms with E-state index in [9.17, 15) is 57.5 Å². The van der Waals surface area contributed by atoms with E-state index in [2.05, 4.69) is 22.8 Å². The van der Waals surface area contributed by atoms with Crippen molar-refractivity contribution in [3.63, 3.8) is 0 Å². The van der Waals surface area contributed by atoms with E-state index < -0.39 is 144 Å². The molecule has 0 amide bonds. The topological polar surface area (TPSA) is 30.2 Å². The molecule has 344 valence electrons. The molecule has 24 heteroatoms. The standard InChI is InChI=1S/C24BF20.C18H16NO2/c26-5-1(6(27)14(35)21(42)13(5)34)25(2-7(28)15(36)22(43)16(37)8(2)29,3-9(30)17(38)23(44)18(39)10(3)31)4-11(32)19(40)24(45)20(41)12(4)33;1-21-18(20)16-10-4-2-8-15(16)13-19-12-6-9-14-7-3-5-11-17(14)19/h;2-12H,13H2,1H3/q-1;+1. The fourth-order valence-electron chi connectivity index (χ4n) is 7.38. The van der Waals surface area contributed by atoms with Crippen LogP contribution in [0.15, 0.2) is 66.9 Å². The SMILES string of the molecule is COC(=O)c1ccccc1C[n+]1cccc2ccccc21.Fc1c(F)c(F)c([B-](c2c(F)c(F)c(F)c(F)c2F)(c2c(F)c(F)c(F)c(F)c2F)c2c(F)c(F)c(F)c(F)c2F)c(F)c1F. The van der Waals surface area contributed by atoms with Crippen LogP contribution in [0.3, 0.4) is 0 Å². The minimum Gasteiger partial charge on any atom is -0.465 e. The van der Waals surface area contributed by atoms with Crippen LogP contribution in [-0.4, -0.2) is 19.2 Å². The number of carbonyl (C=O) groups is 1. The van der Waals surface area contributed by atoms with Gasteiger partial charge in [-0.1, -0.05) is 30.3 Å². The van der Waals surface area contributed by atoms with Crippen molar-refractivity contribution in [1.82, 2.24) is 0 Å². The molecule has 0 bridgehead atoms. The van der Waals surface area contributed by atoms with Crippen LogP contribution in [-0.2, 0) is 11.3 Å². The predicted octanol–water partition coefficient (Wildman–Crippen LogP) is 8.81. The Hall–Kier alpha value is -7.14. The first-order valence-corrected chi connectivity index (χ1v) is 17.8. The Kier molecular flexibility index (Phi) is 13.2. The Morgan fingerprint density at radius 2 is 0.697 bits per heavy atom. The first-order valence-electron chi connectivity index (χ1n) is 17.8. The van der Waals surface area contributed by atoms with E-state index >= 15 is 35.1 Å². The third kappa shape index (κ3) is 7.40. The summed E-state index contributed by atoms with van der Waals surface area (Å²) in [6, 6.07) is 19.8. The smallest absolute Gasteiger partial charge is 0.338 e. The van der Waals surface area contributed by atoms with Crippen LogP contribution in [0.2, 0.25) is 0 Å². The average Bonchev–Trinajstić information content (AvgIpc) is 3.31. The molecule has 7 rings (SSSR count). The molecular formula is C42H16BF20NO2. The lowest BCUT2D eigenvalue weighted by Crippen LogP contribution is -2.81. The normalized spacial score (nSPS) is 11.5. The van der Waals surface area contributed by atoms with Crippen molar-refractivity contribution in [2.24, 2.45) is 0 Å². The zero-order valence-corrected chi connectivity index (χ0v) is 32.0. The Balaban J connectivity index is 0.000000284. The van der Waals surface area contributed by atoms with E-state index in [4.69, 9.17) is 4.74 Å². The van der Waals surface area contributed by atoms with Crippen molar-refractivity contribution >= 4 is 44.9 Å². The van der Waals surface area contributed by atoms with E-state index in [1.54, 1.807) is 6.07 Å². The number of rotatable bonds is 7. The highest BCUT2D eigenvalue weighted by Gasteiger charge is 2.52. The van der Waals surface area contributed by atoms with Crippen molar-refractivity contribution < 1.29 is 102 Å². The molecule has 0 aliphatic carbocycles.